The first-order valence-corrected chi connectivity index (χ1v) is 9.94. The molecule has 4 nitrogen and oxygen atoms in total. The molecule has 8 heteroatoms. The van der Waals surface area contributed by atoms with Crippen LogP contribution in [0, 0.1) is 11.7 Å². The van der Waals surface area contributed by atoms with Gasteiger partial charge in [0.05, 0.1) is 11.2 Å². The number of hydrogen-bond acceptors (Lipinski definition) is 3. The van der Waals surface area contributed by atoms with E-state index in [0.29, 0.717) is 27.6 Å². The number of nitrogens with zero attached hydrogens (tertiary/aromatic N) is 2. The number of carbonyl (C=O) groups excluding carboxylic acids is 1. The standard InChI is InChI=1S/C19H18Cl2FN3OS/c1-11(2)5-13-7-16(18(26)24-19-23-8-17(21)27-19)25(10-13)9-12-3-4-14(20)15(22)6-12/h3-4,6-8,10-11H,5,9H2,1-2H3,(H,23,24,26). The third-order valence-corrected chi connectivity index (χ3v) is 5.20. The maximum Gasteiger partial charge on any atom is 0.274 e. The van der Waals surface area contributed by atoms with E-state index in [1.54, 1.807) is 6.07 Å². The van der Waals surface area contributed by atoms with Crippen molar-refractivity contribution in [1.29, 1.82) is 0 Å². The van der Waals surface area contributed by atoms with Crippen molar-refractivity contribution in [2.75, 3.05) is 5.32 Å². The Kier molecular flexibility index (Phi) is 6.19. The van der Waals surface area contributed by atoms with Crippen LogP contribution in [0.15, 0.2) is 36.7 Å². The highest BCUT2D eigenvalue weighted by atomic mass is 35.5. The van der Waals surface area contributed by atoms with Crippen molar-refractivity contribution < 1.29 is 9.18 Å². The topological polar surface area (TPSA) is 46.9 Å². The fraction of sp³-hybridized carbons (Fsp3) is 0.263. The molecule has 0 bridgehead atoms. The van der Waals surface area contributed by atoms with Crippen molar-refractivity contribution in [1.82, 2.24) is 9.55 Å². The maximum absolute atomic E-state index is 13.8. The largest absolute Gasteiger partial charge is 0.339 e. The summed E-state index contributed by atoms with van der Waals surface area (Å²) in [5, 5.41) is 3.27. The summed E-state index contributed by atoms with van der Waals surface area (Å²) in [5.74, 6) is -0.319. The van der Waals surface area contributed by atoms with Crippen LogP contribution in [0.25, 0.3) is 0 Å². The van der Waals surface area contributed by atoms with Gasteiger partial charge in [-0.15, -0.1) is 0 Å². The van der Waals surface area contributed by atoms with Crippen molar-refractivity contribution in [3.8, 4) is 0 Å². The molecule has 142 valence electrons. The monoisotopic (exact) mass is 425 g/mol. The first-order valence-electron chi connectivity index (χ1n) is 8.37. The molecule has 2 heterocycles. The molecule has 1 amide bonds. The Morgan fingerprint density at radius 2 is 2.07 bits per heavy atom. The molecule has 1 N–H and O–H groups in total. The molecule has 0 unspecified atom stereocenters. The molecule has 2 aromatic heterocycles. The summed E-state index contributed by atoms with van der Waals surface area (Å²) in [6.45, 7) is 4.58. The fourth-order valence-corrected chi connectivity index (χ4v) is 3.71. The number of hydrogen-bond donors (Lipinski definition) is 1. The van der Waals surface area contributed by atoms with Gasteiger partial charge in [-0.2, -0.15) is 0 Å². The van der Waals surface area contributed by atoms with Crippen LogP contribution in [-0.4, -0.2) is 15.5 Å². The SMILES string of the molecule is CC(C)Cc1cc(C(=O)Nc2ncc(Cl)s2)n(Cc2ccc(Cl)c(F)c2)c1. The van der Waals surface area contributed by atoms with Gasteiger partial charge in [-0.05, 0) is 41.7 Å². The number of thiazole rings is 1. The van der Waals surface area contributed by atoms with Crippen LogP contribution in [0.1, 0.15) is 35.5 Å². The van der Waals surface area contributed by atoms with Gasteiger partial charge in [-0.3, -0.25) is 10.1 Å². The number of amides is 1. The zero-order chi connectivity index (χ0) is 19.6. The van der Waals surface area contributed by atoms with E-state index in [2.05, 4.69) is 24.1 Å². The normalized spacial score (nSPS) is 11.2. The highest BCUT2D eigenvalue weighted by Gasteiger charge is 2.17. The number of anilines is 1. The molecular formula is C19H18Cl2FN3OS. The van der Waals surface area contributed by atoms with E-state index in [4.69, 9.17) is 23.2 Å². The lowest BCUT2D eigenvalue weighted by atomic mass is 10.1. The molecule has 0 atom stereocenters. The Morgan fingerprint density at radius 3 is 2.70 bits per heavy atom. The predicted octanol–water partition coefficient (Wildman–Crippen LogP) is 5.89. The number of benzene rings is 1. The van der Waals surface area contributed by atoms with Crippen LogP contribution in [0.5, 0.6) is 0 Å². The summed E-state index contributed by atoms with van der Waals surface area (Å²) >= 11 is 12.8. The average molecular weight is 426 g/mol. The van der Waals surface area contributed by atoms with Crippen molar-refractivity contribution in [3.05, 3.63) is 68.7 Å². The van der Waals surface area contributed by atoms with Crippen LogP contribution in [0.3, 0.4) is 0 Å². The molecule has 27 heavy (non-hydrogen) atoms. The Bertz CT molecular complexity index is 968. The molecule has 0 saturated heterocycles. The highest BCUT2D eigenvalue weighted by Crippen LogP contribution is 2.24. The van der Waals surface area contributed by atoms with E-state index < -0.39 is 5.82 Å². The smallest absolute Gasteiger partial charge is 0.274 e. The van der Waals surface area contributed by atoms with E-state index in [-0.39, 0.29) is 10.9 Å². The average Bonchev–Trinajstić information content (AvgIpc) is 3.16. The third-order valence-electron chi connectivity index (χ3n) is 3.86. The Hall–Kier alpha value is -1.89. The van der Waals surface area contributed by atoms with Crippen LogP contribution < -0.4 is 5.32 Å². The second kappa shape index (κ2) is 8.42. The van der Waals surface area contributed by atoms with Gasteiger partial charge in [0.2, 0.25) is 0 Å². The molecular weight excluding hydrogens is 408 g/mol. The number of nitrogens with one attached hydrogen (secondary N) is 1. The molecule has 0 saturated carbocycles. The summed E-state index contributed by atoms with van der Waals surface area (Å²) in [6.07, 6.45) is 4.25. The van der Waals surface area contributed by atoms with Gasteiger partial charge in [0.15, 0.2) is 5.13 Å². The second-order valence-corrected chi connectivity index (χ2v) is 8.70. The van der Waals surface area contributed by atoms with Crippen LogP contribution in [0.2, 0.25) is 9.36 Å². The Labute approximate surface area is 170 Å². The van der Waals surface area contributed by atoms with E-state index in [0.717, 1.165) is 17.5 Å². The summed E-state index contributed by atoms with van der Waals surface area (Å²) < 4.78 is 16.1. The summed E-state index contributed by atoms with van der Waals surface area (Å²) in [4.78, 5) is 16.8. The molecule has 0 radical (unpaired) electrons. The van der Waals surface area contributed by atoms with E-state index in [9.17, 15) is 9.18 Å². The summed E-state index contributed by atoms with van der Waals surface area (Å²) in [5.41, 5.74) is 2.24. The number of carbonyl (C=O) groups is 1. The van der Waals surface area contributed by atoms with Crippen LogP contribution >= 0.6 is 34.5 Å². The lowest BCUT2D eigenvalue weighted by Gasteiger charge is -2.09. The molecule has 0 spiro atoms. The van der Waals surface area contributed by atoms with Gasteiger partial charge in [-0.1, -0.05) is 54.5 Å². The molecule has 0 aliphatic heterocycles. The van der Waals surface area contributed by atoms with E-state index >= 15 is 0 Å². The fourth-order valence-electron chi connectivity index (χ4n) is 2.78. The van der Waals surface area contributed by atoms with Gasteiger partial charge < -0.3 is 4.57 Å². The lowest BCUT2D eigenvalue weighted by Crippen LogP contribution is -2.17. The van der Waals surface area contributed by atoms with Crippen molar-refractivity contribution >= 4 is 45.6 Å². The maximum atomic E-state index is 13.8. The quantitative estimate of drug-likeness (QED) is 0.534. The van der Waals surface area contributed by atoms with Gasteiger partial charge in [0.1, 0.15) is 15.8 Å². The minimum atomic E-state index is -0.479. The first kappa shape index (κ1) is 19.9. The van der Waals surface area contributed by atoms with Gasteiger partial charge >= 0.3 is 0 Å². The van der Waals surface area contributed by atoms with Crippen molar-refractivity contribution in [2.45, 2.75) is 26.8 Å². The molecule has 0 fully saturated rings. The van der Waals surface area contributed by atoms with Gasteiger partial charge in [-0.25, -0.2) is 9.37 Å². The molecule has 3 rings (SSSR count). The first-order chi connectivity index (χ1) is 12.8. The summed E-state index contributed by atoms with van der Waals surface area (Å²) in [6, 6.07) is 6.50. The minimum Gasteiger partial charge on any atom is -0.339 e. The number of aromatic nitrogens is 2. The van der Waals surface area contributed by atoms with Gasteiger partial charge in [0, 0.05) is 12.7 Å². The second-order valence-electron chi connectivity index (χ2n) is 6.63. The molecule has 0 aliphatic rings. The van der Waals surface area contributed by atoms with Crippen molar-refractivity contribution in [2.24, 2.45) is 5.92 Å². The van der Waals surface area contributed by atoms with Crippen LogP contribution in [-0.2, 0) is 13.0 Å². The molecule has 0 aliphatic carbocycles. The van der Waals surface area contributed by atoms with Crippen LogP contribution in [0.4, 0.5) is 9.52 Å². The zero-order valence-corrected chi connectivity index (χ0v) is 17.1. The van der Waals surface area contributed by atoms with Crippen molar-refractivity contribution in [3.63, 3.8) is 0 Å². The highest BCUT2D eigenvalue weighted by molar-refractivity contribution is 7.19. The summed E-state index contributed by atoms with van der Waals surface area (Å²) in [7, 11) is 0. The third kappa shape index (κ3) is 5.09. The zero-order valence-electron chi connectivity index (χ0n) is 14.8. The van der Waals surface area contributed by atoms with E-state index in [1.165, 1.54) is 29.7 Å². The van der Waals surface area contributed by atoms with E-state index in [1.807, 2.05) is 16.8 Å². The predicted molar refractivity (Wildman–Crippen MR) is 109 cm³/mol. The number of halogens is 3. The molecule has 1 aromatic carbocycles. The lowest BCUT2D eigenvalue weighted by molar-refractivity contribution is 0.101. The molecule has 3 aromatic rings. The number of rotatable bonds is 6. The van der Waals surface area contributed by atoms with Gasteiger partial charge in [0.25, 0.3) is 5.91 Å². The minimum absolute atomic E-state index is 0.0744. The Morgan fingerprint density at radius 1 is 1.30 bits per heavy atom. The Balaban J connectivity index is 1.89.